The maximum Gasteiger partial charge on any atom is 0.254 e. The Kier molecular flexibility index (Phi) is 5.48. The van der Waals surface area contributed by atoms with Crippen LogP contribution in [0.25, 0.3) is 10.9 Å². The number of nitrogens with zero attached hydrogens (tertiary/aromatic N) is 2. The lowest BCUT2D eigenvalue weighted by molar-refractivity contribution is -0.119. The molecule has 1 aromatic heterocycles. The average Bonchev–Trinajstić information content (AvgIpc) is 3.17. The van der Waals surface area contributed by atoms with Gasteiger partial charge in [-0.1, -0.05) is 62.4 Å². The molecule has 5 nitrogen and oxygen atoms in total. The molecule has 5 heteroatoms. The highest BCUT2D eigenvalue weighted by Gasteiger charge is 2.43. The zero-order valence-corrected chi connectivity index (χ0v) is 19.9. The van der Waals surface area contributed by atoms with Gasteiger partial charge in [-0.3, -0.25) is 9.59 Å². The van der Waals surface area contributed by atoms with E-state index in [1.807, 2.05) is 73.9 Å². The molecular weight excluding hydrogens is 422 g/mol. The van der Waals surface area contributed by atoms with Gasteiger partial charge in [-0.25, -0.2) is 0 Å². The molecule has 2 amide bonds. The van der Waals surface area contributed by atoms with Crippen LogP contribution in [0.1, 0.15) is 58.8 Å². The number of fused-ring (bicyclic) bond motifs is 2. The van der Waals surface area contributed by atoms with Crippen LogP contribution in [0.3, 0.4) is 0 Å². The van der Waals surface area contributed by atoms with Gasteiger partial charge in [-0.05, 0) is 41.3 Å². The zero-order valence-electron chi connectivity index (χ0n) is 19.9. The van der Waals surface area contributed by atoms with Crippen molar-refractivity contribution in [1.29, 1.82) is 0 Å². The number of carbonyl (C=O) groups excluding carboxylic acids is 2. The van der Waals surface area contributed by atoms with Crippen LogP contribution in [-0.2, 0) is 11.8 Å². The molecule has 0 unspecified atom stereocenters. The van der Waals surface area contributed by atoms with Gasteiger partial charge in [0.15, 0.2) is 0 Å². The second-order valence-electron chi connectivity index (χ2n) is 9.40. The van der Waals surface area contributed by atoms with E-state index in [1.54, 1.807) is 11.9 Å². The van der Waals surface area contributed by atoms with Gasteiger partial charge in [0.25, 0.3) is 5.91 Å². The minimum absolute atomic E-state index is 0.0705. The van der Waals surface area contributed by atoms with Gasteiger partial charge in [0.1, 0.15) is 0 Å². The molecule has 34 heavy (non-hydrogen) atoms. The minimum atomic E-state index is -0.547. The predicted octanol–water partition coefficient (Wildman–Crippen LogP) is 5.85. The van der Waals surface area contributed by atoms with E-state index in [0.29, 0.717) is 11.5 Å². The number of nitrogens with one attached hydrogen (secondary N) is 1. The molecule has 2 atom stereocenters. The van der Waals surface area contributed by atoms with E-state index in [4.69, 9.17) is 0 Å². The second-order valence-corrected chi connectivity index (χ2v) is 9.40. The van der Waals surface area contributed by atoms with Crippen molar-refractivity contribution in [1.82, 2.24) is 9.47 Å². The second kappa shape index (κ2) is 8.49. The molecule has 172 valence electrons. The lowest BCUT2D eigenvalue weighted by Crippen LogP contribution is -2.44. The van der Waals surface area contributed by atoms with Crippen molar-refractivity contribution in [2.75, 3.05) is 12.4 Å². The quantitative estimate of drug-likeness (QED) is 0.423. The Labute approximate surface area is 200 Å². The Hall–Kier alpha value is -3.86. The molecule has 0 saturated heterocycles. The number of anilines is 1. The fourth-order valence-corrected chi connectivity index (χ4v) is 5.13. The number of hydrogen-bond acceptors (Lipinski definition) is 2. The van der Waals surface area contributed by atoms with Gasteiger partial charge in [-0.15, -0.1) is 0 Å². The maximum absolute atomic E-state index is 13.9. The van der Waals surface area contributed by atoms with E-state index < -0.39 is 12.0 Å². The van der Waals surface area contributed by atoms with E-state index >= 15 is 0 Å². The van der Waals surface area contributed by atoms with Crippen LogP contribution < -0.4 is 5.32 Å². The molecule has 0 saturated carbocycles. The van der Waals surface area contributed by atoms with Gasteiger partial charge in [0, 0.05) is 48.0 Å². The molecule has 5 rings (SSSR count). The van der Waals surface area contributed by atoms with Crippen LogP contribution in [0.15, 0.2) is 79.0 Å². The first kappa shape index (κ1) is 22.0. The number of para-hydroxylation sites is 1. The summed E-state index contributed by atoms with van der Waals surface area (Å²) in [5, 5.41) is 4.17. The van der Waals surface area contributed by atoms with Crippen LogP contribution >= 0.6 is 0 Å². The van der Waals surface area contributed by atoms with Crippen molar-refractivity contribution in [3.05, 3.63) is 101 Å². The highest BCUT2D eigenvalue weighted by atomic mass is 16.2. The van der Waals surface area contributed by atoms with E-state index in [9.17, 15) is 9.59 Å². The number of rotatable bonds is 4. The first-order valence-corrected chi connectivity index (χ1v) is 11.7. The number of amides is 2. The monoisotopic (exact) mass is 451 g/mol. The van der Waals surface area contributed by atoms with Crippen LogP contribution in [0, 0.1) is 0 Å². The Balaban J connectivity index is 1.62. The van der Waals surface area contributed by atoms with E-state index in [-0.39, 0.29) is 11.8 Å². The highest BCUT2D eigenvalue weighted by molar-refractivity contribution is 6.05. The SMILES string of the molecule is CC(C)c1ccc(NC(=O)[C@@H]2c3ccccc3C(=O)N(C)[C@H]2c2cn(C)c3ccccc23)cc1. The largest absolute Gasteiger partial charge is 0.350 e. The summed E-state index contributed by atoms with van der Waals surface area (Å²) in [6, 6.07) is 23.1. The zero-order chi connectivity index (χ0) is 24.0. The van der Waals surface area contributed by atoms with E-state index in [0.717, 1.165) is 27.7 Å². The molecule has 3 aromatic carbocycles. The Morgan fingerprint density at radius 1 is 0.882 bits per heavy atom. The highest BCUT2D eigenvalue weighted by Crippen LogP contribution is 2.44. The third kappa shape index (κ3) is 3.58. The fourth-order valence-electron chi connectivity index (χ4n) is 5.13. The summed E-state index contributed by atoms with van der Waals surface area (Å²) < 4.78 is 2.06. The summed E-state index contributed by atoms with van der Waals surface area (Å²) in [5.41, 5.74) is 5.36. The molecule has 0 radical (unpaired) electrons. The standard InChI is InChI=1S/C29H29N3O2/c1-18(2)19-13-15-20(16-14-19)30-28(33)26-22-10-5-6-11-23(22)29(34)32(4)27(26)24-17-31(3)25-12-8-7-9-21(24)25/h5-18,26-27H,1-4H3,(H,30,33)/t26-,27+/m1/s1. The minimum Gasteiger partial charge on any atom is -0.350 e. The Morgan fingerprint density at radius 2 is 1.56 bits per heavy atom. The lowest BCUT2D eigenvalue weighted by atomic mass is 9.79. The summed E-state index contributed by atoms with van der Waals surface area (Å²) in [6.45, 7) is 4.29. The van der Waals surface area contributed by atoms with Gasteiger partial charge < -0.3 is 14.8 Å². The number of hydrogen-bond donors (Lipinski definition) is 1. The number of benzene rings is 3. The fraction of sp³-hybridized carbons (Fsp3) is 0.241. The van der Waals surface area contributed by atoms with E-state index in [1.165, 1.54) is 5.56 Å². The van der Waals surface area contributed by atoms with Crippen molar-refractivity contribution in [2.45, 2.75) is 31.7 Å². The Morgan fingerprint density at radius 3 is 2.29 bits per heavy atom. The van der Waals surface area contributed by atoms with Gasteiger partial charge in [0.2, 0.25) is 5.91 Å². The van der Waals surface area contributed by atoms with Gasteiger partial charge in [0.05, 0.1) is 12.0 Å². The van der Waals surface area contributed by atoms with Crippen LogP contribution in [0.4, 0.5) is 5.69 Å². The van der Waals surface area contributed by atoms with Crippen LogP contribution in [0.2, 0.25) is 0 Å². The van der Waals surface area contributed by atoms with E-state index in [2.05, 4.69) is 35.9 Å². The lowest BCUT2D eigenvalue weighted by Gasteiger charge is -2.39. The third-order valence-corrected chi connectivity index (χ3v) is 6.95. The first-order valence-electron chi connectivity index (χ1n) is 11.7. The van der Waals surface area contributed by atoms with Gasteiger partial charge in [-0.2, -0.15) is 0 Å². The average molecular weight is 452 g/mol. The molecule has 1 aliphatic rings. The Bertz CT molecular complexity index is 1380. The number of aromatic nitrogens is 1. The molecule has 4 aromatic rings. The predicted molar refractivity (Wildman–Crippen MR) is 136 cm³/mol. The van der Waals surface area contributed by atoms with Crippen molar-refractivity contribution >= 4 is 28.4 Å². The third-order valence-electron chi connectivity index (χ3n) is 6.95. The van der Waals surface area contributed by atoms with Crippen LogP contribution in [0.5, 0.6) is 0 Å². The molecule has 0 bridgehead atoms. The number of aryl methyl sites for hydroxylation is 1. The van der Waals surface area contributed by atoms with Gasteiger partial charge >= 0.3 is 0 Å². The van der Waals surface area contributed by atoms with Crippen LogP contribution in [-0.4, -0.2) is 28.3 Å². The molecule has 0 spiro atoms. The molecule has 1 N–H and O–H groups in total. The van der Waals surface area contributed by atoms with Crippen molar-refractivity contribution < 1.29 is 9.59 Å². The summed E-state index contributed by atoms with van der Waals surface area (Å²) >= 11 is 0. The van der Waals surface area contributed by atoms with Crippen molar-refractivity contribution in [2.24, 2.45) is 7.05 Å². The summed E-state index contributed by atoms with van der Waals surface area (Å²) in [6.07, 6.45) is 2.05. The molecule has 0 fully saturated rings. The molecule has 1 aliphatic heterocycles. The first-order chi connectivity index (χ1) is 16.4. The number of likely N-dealkylation sites (N-methyl/N-ethyl adjacent to an activating group) is 1. The molecular formula is C29H29N3O2. The summed E-state index contributed by atoms with van der Waals surface area (Å²) in [7, 11) is 3.79. The summed E-state index contributed by atoms with van der Waals surface area (Å²) in [5.74, 6) is -0.319. The summed E-state index contributed by atoms with van der Waals surface area (Å²) in [4.78, 5) is 28.9. The number of carbonyl (C=O) groups is 2. The molecule has 0 aliphatic carbocycles. The van der Waals surface area contributed by atoms with Crippen molar-refractivity contribution in [3.8, 4) is 0 Å². The molecule has 2 heterocycles. The normalized spacial score (nSPS) is 17.8. The van der Waals surface area contributed by atoms with Crippen molar-refractivity contribution in [3.63, 3.8) is 0 Å². The smallest absolute Gasteiger partial charge is 0.254 e. The maximum atomic E-state index is 13.9. The topological polar surface area (TPSA) is 54.3 Å².